The zero-order chi connectivity index (χ0) is 21.1. The van der Waals surface area contributed by atoms with Gasteiger partial charge in [0.2, 0.25) is 5.91 Å². The lowest BCUT2D eigenvalue weighted by Gasteiger charge is -2.14. The fourth-order valence-corrected chi connectivity index (χ4v) is 4.36. The van der Waals surface area contributed by atoms with Gasteiger partial charge in [-0.15, -0.1) is 11.3 Å². The van der Waals surface area contributed by atoms with Crippen molar-refractivity contribution < 1.29 is 14.3 Å². The highest BCUT2D eigenvalue weighted by atomic mass is 32.1. The number of amides is 1. The lowest BCUT2D eigenvalue weighted by molar-refractivity contribution is -0.118. The molecule has 0 aliphatic rings. The monoisotopic (exact) mass is 415 g/mol. The van der Waals surface area contributed by atoms with Gasteiger partial charge >= 0.3 is 0 Å². The summed E-state index contributed by atoms with van der Waals surface area (Å²) in [5, 5.41) is 0.655. The topological polar surface area (TPSA) is 96.4 Å². The third-order valence-corrected chi connectivity index (χ3v) is 6.08. The second-order valence-corrected chi connectivity index (χ2v) is 8.09. The minimum Gasteiger partial charge on any atom is -0.493 e. The third kappa shape index (κ3) is 4.27. The van der Waals surface area contributed by atoms with Gasteiger partial charge in [-0.2, -0.15) is 0 Å². The summed E-state index contributed by atoms with van der Waals surface area (Å²) in [5.74, 6) is 1.54. The maximum atomic E-state index is 13.2. The molecule has 0 spiro atoms. The molecule has 0 unspecified atom stereocenters. The van der Waals surface area contributed by atoms with Crippen LogP contribution < -0.4 is 20.8 Å². The quantitative estimate of drug-likeness (QED) is 0.610. The number of primary amides is 1. The van der Waals surface area contributed by atoms with Gasteiger partial charge in [-0.3, -0.25) is 14.2 Å². The van der Waals surface area contributed by atoms with E-state index in [2.05, 4.69) is 0 Å². The highest BCUT2D eigenvalue weighted by molar-refractivity contribution is 7.18. The van der Waals surface area contributed by atoms with Gasteiger partial charge in [0.15, 0.2) is 11.5 Å². The smallest absolute Gasteiger partial charge is 0.262 e. The summed E-state index contributed by atoms with van der Waals surface area (Å²) >= 11 is 1.53. The van der Waals surface area contributed by atoms with Crippen LogP contribution in [-0.4, -0.2) is 29.7 Å². The number of fused-ring (bicyclic) bond motifs is 1. The zero-order valence-electron chi connectivity index (χ0n) is 17.1. The summed E-state index contributed by atoms with van der Waals surface area (Å²) in [6.45, 7) is 4.33. The largest absolute Gasteiger partial charge is 0.493 e. The molecule has 1 amide bonds. The van der Waals surface area contributed by atoms with E-state index in [1.807, 2.05) is 32.0 Å². The molecule has 3 rings (SSSR count). The lowest BCUT2D eigenvalue weighted by atomic mass is 10.1. The molecule has 2 N–H and O–H groups in total. The Morgan fingerprint density at radius 1 is 1.21 bits per heavy atom. The first kappa shape index (κ1) is 20.9. The van der Waals surface area contributed by atoms with Crippen LogP contribution in [0.25, 0.3) is 10.2 Å². The molecule has 2 aromatic heterocycles. The number of carbonyl (C=O) groups excluding carboxylic acids is 1. The minimum absolute atomic E-state index is 0.0724. The maximum absolute atomic E-state index is 13.2. The van der Waals surface area contributed by atoms with Gasteiger partial charge in [0.1, 0.15) is 10.7 Å². The van der Waals surface area contributed by atoms with Gasteiger partial charge in [-0.05, 0) is 43.5 Å². The molecule has 0 fully saturated rings. The normalized spacial score (nSPS) is 11.0. The Morgan fingerprint density at radius 2 is 1.93 bits per heavy atom. The van der Waals surface area contributed by atoms with Crippen LogP contribution in [0.1, 0.15) is 34.7 Å². The van der Waals surface area contributed by atoms with Crippen molar-refractivity contribution in [3.05, 3.63) is 50.4 Å². The molecule has 0 atom stereocenters. The van der Waals surface area contributed by atoms with Gasteiger partial charge < -0.3 is 15.2 Å². The molecule has 8 heteroatoms. The SMILES string of the molecule is COc1ccc(Cc2nc3sc(C)c(C)c3c(=O)n2CCCC(N)=O)cc1OC. The number of rotatable bonds is 8. The number of benzene rings is 1. The molecule has 154 valence electrons. The Bertz CT molecular complexity index is 1120. The first-order valence-electron chi connectivity index (χ1n) is 9.34. The summed E-state index contributed by atoms with van der Waals surface area (Å²) in [7, 11) is 3.17. The van der Waals surface area contributed by atoms with Crippen LogP contribution in [0.15, 0.2) is 23.0 Å². The van der Waals surface area contributed by atoms with E-state index in [4.69, 9.17) is 20.2 Å². The lowest BCUT2D eigenvalue weighted by Crippen LogP contribution is -2.26. The number of nitrogens with two attached hydrogens (primary N) is 1. The van der Waals surface area contributed by atoms with Crippen molar-refractivity contribution in [1.82, 2.24) is 9.55 Å². The zero-order valence-corrected chi connectivity index (χ0v) is 17.9. The van der Waals surface area contributed by atoms with E-state index in [0.717, 1.165) is 20.8 Å². The van der Waals surface area contributed by atoms with Crippen molar-refractivity contribution >= 4 is 27.5 Å². The van der Waals surface area contributed by atoms with Crippen LogP contribution in [0.3, 0.4) is 0 Å². The fourth-order valence-electron chi connectivity index (χ4n) is 3.32. The maximum Gasteiger partial charge on any atom is 0.262 e. The fraction of sp³-hybridized carbons (Fsp3) is 0.381. The highest BCUT2D eigenvalue weighted by Crippen LogP contribution is 2.30. The molecule has 0 radical (unpaired) electrons. The van der Waals surface area contributed by atoms with Crippen LogP contribution in [0.2, 0.25) is 0 Å². The van der Waals surface area contributed by atoms with E-state index in [-0.39, 0.29) is 17.9 Å². The molecular weight excluding hydrogens is 390 g/mol. The molecule has 7 nitrogen and oxygen atoms in total. The van der Waals surface area contributed by atoms with E-state index in [9.17, 15) is 9.59 Å². The average Bonchev–Trinajstić information content (AvgIpc) is 2.97. The first-order valence-corrected chi connectivity index (χ1v) is 10.2. The van der Waals surface area contributed by atoms with E-state index < -0.39 is 0 Å². The van der Waals surface area contributed by atoms with Gasteiger partial charge in [0.25, 0.3) is 5.56 Å². The van der Waals surface area contributed by atoms with Gasteiger partial charge in [-0.1, -0.05) is 6.07 Å². The summed E-state index contributed by atoms with van der Waals surface area (Å²) in [5.41, 5.74) is 7.10. The number of hydrogen-bond acceptors (Lipinski definition) is 6. The number of aryl methyl sites for hydroxylation is 2. The Kier molecular flexibility index (Phi) is 6.22. The molecule has 29 heavy (non-hydrogen) atoms. The van der Waals surface area contributed by atoms with Crippen LogP contribution >= 0.6 is 11.3 Å². The van der Waals surface area contributed by atoms with Crippen molar-refractivity contribution in [1.29, 1.82) is 0 Å². The van der Waals surface area contributed by atoms with E-state index in [1.54, 1.807) is 18.8 Å². The number of ether oxygens (including phenoxy) is 2. The van der Waals surface area contributed by atoms with Crippen molar-refractivity contribution in [2.45, 2.75) is 39.7 Å². The molecule has 0 aliphatic carbocycles. The Labute approximate surface area is 173 Å². The second-order valence-electron chi connectivity index (χ2n) is 6.88. The number of thiophene rings is 1. The molecule has 0 saturated carbocycles. The molecule has 2 heterocycles. The Hall–Kier alpha value is -2.87. The van der Waals surface area contributed by atoms with Crippen molar-refractivity contribution in [3.8, 4) is 11.5 Å². The van der Waals surface area contributed by atoms with Crippen molar-refractivity contribution in [2.24, 2.45) is 5.73 Å². The molecular formula is C21H25N3O4S. The molecule has 0 bridgehead atoms. The summed E-state index contributed by atoms with van der Waals surface area (Å²) < 4.78 is 12.3. The van der Waals surface area contributed by atoms with E-state index in [1.165, 1.54) is 11.3 Å². The molecule has 3 aromatic rings. The van der Waals surface area contributed by atoms with Crippen LogP contribution in [0, 0.1) is 13.8 Å². The first-order chi connectivity index (χ1) is 13.8. The molecule has 1 aromatic carbocycles. The second kappa shape index (κ2) is 8.65. The number of nitrogens with zero attached hydrogens (tertiary/aromatic N) is 2. The van der Waals surface area contributed by atoms with Gasteiger partial charge in [0.05, 0.1) is 19.6 Å². The van der Waals surface area contributed by atoms with Crippen LogP contribution in [-0.2, 0) is 17.8 Å². The van der Waals surface area contributed by atoms with Crippen molar-refractivity contribution in [2.75, 3.05) is 14.2 Å². The Morgan fingerprint density at radius 3 is 2.59 bits per heavy atom. The number of hydrogen-bond donors (Lipinski definition) is 1. The standard InChI is InChI=1S/C21H25N3O4S/c1-12-13(2)29-20-19(12)21(26)24(9-5-6-17(22)25)18(23-20)11-14-7-8-15(27-3)16(10-14)28-4/h7-8,10H,5-6,9,11H2,1-4H3,(H2,22,25). The molecule has 0 aliphatic heterocycles. The predicted molar refractivity (Wildman–Crippen MR) is 114 cm³/mol. The third-order valence-electron chi connectivity index (χ3n) is 4.98. The van der Waals surface area contributed by atoms with Crippen molar-refractivity contribution in [3.63, 3.8) is 0 Å². The summed E-state index contributed by atoms with van der Waals surface area (Å²) in [6, 6.07) is 5.64. The number of aromatic nitrogens is 2. The van der Waals surface area contributed by atoms with Gasteiger partial charge in [0, 0.05) is 24.3 Å². The van der Waals surface area contributed by atoms with E-state index >= 15 is 0 Å². The molecule has 0 saturated heterocycles. The minimum atomic E-state index is -0.379. The van der Waals surface area contributed by atoms with Gasteiger partial charge in [-0.25, -0.2) is 4.98 Å². The van der Waals surface area contributed by atoms with Crippen LogP contribution in [0.5, 0.6) is 11.5 Å². The Balaban J connectivity index is 2.07. The van der Waals surface area contributed by atoms with E-state index in [0.29, 0.717) is 42.1 Å². The number of methoxy groups -OCH3 is 2. The predicted octanol–water partition coefficient (Wildman–Crippen LogP) is 2.95. The highest BCUT2D eigenvalue weighted by Gasteiger charge is 2.17. The van der Waals surface area contributed by atoms with Crippen LogP contribution in [0.4, 0.5) is 0 Å². The summed E-state index contributed by atoms with van der Waals surface area (Å²) in [4.78, 5) is 31.0. The number of carbonyl (C=O) groups is 1. The average molecular weight is 416 g/mol. The summed E-state index contributed by atoms with van der Waals surface area (Å²) in [6.07, 6.45) is 1.17.